The van der Waals surface area contributed by atoms with Crippen molar-refractivity contribution in [3.05, 3.63) is 0 Å². The second-order valence-electron chi connectivity index (χ2n) is 5.15. The van der Waals surface area contributed by atoms with Crippen LogP contribution in [-0.2, 0) is 4.79 Å². The van der Waals surface area contributed by atoms with E-state index in [1.807, 2.05) is 0 Å². The summed E-state index contributed by atoms with van der Waals surface area (Å²) in [6.45, 7) is 6.16. The molecule has 100 valence electrons. The fourth-order valence-electron chi connectivity index (χ4n) is 2.14. The highest BCUT2D eigenvalue weighted by Gasteiger charge is 2.19. The Labute approximate surface area is 106 Å². The molecular formula is C14H28N2O. The van der Waals surface area contributed by atoms with E-state index in [0.29, 0.717) is 0 Å². The van der Waals surface area contributed by atoms with Crippen LogP contribution in [0.1, 0.15) is 58.8 Å². The van der Waals surface area contributed by atoms with Crippen molar-refractivity contribution in [3.8, 4) is 0 Å². The van der Waals surface area contributed by atoms with Gasteiger partial charge in [-0.05, 0) is 38.6 Å². The molecule has 0 saturated heterocycles. The van der Waals surface area contributed by atoms with Crippen molar-refractivity contribution in [3.63, 3.8) is 0 Å². The Morgan fingerprint density at radius 3 is 2.35 bits per heavy atom. The monoisotopic (exact) mass is 240 g/mol. The lowest BCUT2D eigenvalue weighted by atomic mass is 9.97. The molecule has 1 aliphatic carbocycles. The largest absolute Gasteiger partial charge is 0.356 e. The minimum Gasteiger partial charge on any atom is -0.356 e. The smallest absolute Gasteiger partial charge is 0.223 e. The summed E-state index contributed by atoms with van der Waals surface area (Å²) in [5, 5.41) is 6.53. The standard InChI is InChI=1S/C14H28N2O/c1-3-6-12(7-4-2)14(17)16-11-5-10-15-13-8-9-13/h12-13,15H,3-11H2,1-2H3,(H,16,17). The second-order valence-corrected chi connectivity index (χ2v) is 5.15. The normalized spacial score (nSPS) is 15.2. The maximum atomic E-state index is 11.9. The van der Waals surface area contributed by atoms with E-state index in [1.165, 1.54) is 12.8 Å². The zero-order valence-electron chi connectivity index (χ0n) is 11.4. The van der Waals surface area contributed by atoms with Gasteiger partial charge in [0.2, 0.25) is 5.91 Å². The molecule has 2 N–H and O–H groups in total. The van der Waals surface area contributed by atoms with Crippen LogP contribution in [0.15, 0.2) is 0 Å². The van der Waals surface area contributed by atoms with E-state index < -0.39 is 0 Å². The van der Waals surface area contributed by atoms with Crippen molar-refractivity contribution < 1.29 is 4.79 Å². The molecule has 0 atom stereocenters. The van der Waals surface area contributed by atoms with Gasteiger partial charge in [-0.15, -0.1) is 0 Å². The Morgan fingerprint density at radius 2 is 1.82 bits per heavy atom. The Morgan fingerprint density at radius 1 is 1.18 bits per heavy atom. The maximum Gasteiger partial charge on any atom is 0.223 e. The molecule has 17 heavy (non-hydrogen) atoms. The van der Waals surface area contributed by atoms with Gasteiger partial charge in [0.05, 0.1) is 0 Å². The van der Waals surface area contributed by atoms with Gasteiger partial charge in [-0.3, -0.25) is 4.79 Å². The Balaban J connectivity index is 2.03. The zero-order chi connectivity index (χ0) is 12.5. The molecule has 0 heterocycles. The molecule has 0 bridgehead atoms. The summed E-state index contributed by atoms with van der Waals surface area (Å²) in [5.74, 6) is 0.501. The lowest BCUT2D eigenvalue weighted by Gasteiger charge is -2.15. The molecule has 1 rings (SSSR count). The van der Waals surface area contributed by atoms with Gasteiger partial charge in [0, 0.05) is 18.5 Å². The van der Waals surface area contributed by atoms with Gasteiger partial charge >= 0.3 is 0 Å². The Hall–Kier alpha value is -0.570. The minimum absolute atomic E-state index is 0.237. The molecule has 3 heteroatoms. The first-order valence-corrected chi connectivity index (χ1v) is 7.29. The lowest BCUT2D eigenvalue weighted by molar-refractivity contribution is -0.125. The molecule has 0 radical (unpaired) electrons. The van der Waals surface area contributed by atoms with Crippen LogP contribution in [0.4, 0.5) is 0 Å². The maximum absolute atomic E-state index is 11.9. The number of amides is 1. The van der Waals surface area contributed by atoms with E-state index in [-0.39, 0.29) is 11.8 Å². The van der Waals surface area contributed by atoms with Crippen molar-refractivity contribution in [2.75, 3.05) is 13.1 Å². The van der Waals surface area contributed by atoms with Crippen molar-refractivity contribution in [1.29, 1.82) is 0 Å². The third kappa shape index (κ3) is 6.67. The molecule has 1 aliphatic rings. The predicted molar refractivity (Wildman–Crippen MR) is 72.0 cm³/mol. The van der Waals surface area contributed by atoms with Crippen LogP contribution in [0.25, 0.3) is 0 Å². The van der Waals surface area contributed by atoms with Gasteiger partial charge in [-0.2, -0.15) is 0 Å². The number of nitrogens with one attached hydrogen (secondary N) is 2. The molecule has 0 aromatic carbocycles. The fraction of sp³-hybridized carbons (Fsp3) is 0.929. The lowest BCUT2D eigenvalue weighted by Crippen LogP contribution is -2.33. The predicted octanol–water partition coefficient (Wildman–Crippen LogP) is 2.46. The highest BCUT2D eigenvalue weighted by atomic mass is 16.1. The molecule has 0 spiro atoms. The summed E-state index contributed by atoms with van der Waals surface area (Å²) in [7, 11) is 0. The molecule has 1 saturated carbocycles. The van der Waals surface area contributed by atoms with Crippen molar-refractivity contribution in [2.45, 2.75) is 64.8 Å². The molecule has 0 aromatic heterocycles. The number of hydrogen-bond donors (Lipinski definition) is 2. The molecule has 3 nitrogen and oxygen atoms in total. The fourth-order valence-corrected chi connectivity index (χ4v) is 2.14. The average Bonchev–Trinajstić information content (AvgIpc) is 3.12. The Bertz CT molecular complexity index is 208. The van der Waals surface area contributed by atoms with Gasteiger partial charge in [-0.25, -0.2) is 0 Å². The molecule has 1 fully saturated rings. The first kappa shape index (κ1) is 14.5. The SMILES string of the molecule is CCCC(CCC)C(=O)NCCCNC1CC1. The van der Waals surface area contributed by atoms with Crippen molar-refractivity contribution in [1.82, 2.24) is 10.6 Å². The van der Waals surface area contributed by atoms with Crippen LogP contribution in [-0.4, -0.2) is 25.0 Å². The highest BCUT2D eigenvalue weighted by molar-refractivity contribution is 5.78. The molecule has 0 aromatic rings. The first-order chi connectivity index (χ1) is 8.27. The van der Waals surface area contributed by atoms with Crippen LogP contribution in [0.2, 0.25) is 0 Å². The second kappa shape index (κ2) is 8.51. The van der Waals surface area contributed by atoms with E-state index in [2.05, 4.69) is 24.5 Å². The van der Waals surface area contributed by atoms with Gasteiger partial charge in [0.1, 0.15) is 0 Å². The van der Waals surface area contributed by atoms with E-state index >= 15 is 0 Å². The summed E-state index contributed by atoms with van der Waals surface area (Å²) in [4.78, 5) is 11.9. The number of hydrogen-bond acceptors (Lipinski definition) is 2. The van der Waals surface area contributed by atoms with Crippen molar-refractivity contribution in [2.24, 2.45) is 5.92 Å². The number of carbonyl (C=O) groups is 1. The number of carbonyl (C=O) groups excluding carboxylic acids is 1. The van der Waals surface area contributed by atoms with Crippen LogP contribution < -0.4 is 10.6 Å². The zero-order valence-corrected chi connectivity index (χ0v) is 11.4. The summed E-state index contributed by atoms with van der Waals surface area (Å²) in [5.41, 5.74) is 0. The highest BCUT2D eigenvalue weighted by Crippen LogP contribution is 2.18. The van der Waals surface area contributed by atoms with Gasteiger partial charge < -0.3 is 10.6 Å². The summed E-state index contributed by atoms with van der Waals surface area (Å²) < 4.78 is 0. The molecule has 0 unspecified atom stereocenters. The average molecular weight is 240 g/mol. The van der Waals surface area contributed by atoms with E-state index in [0.717, 1.165) is 51.2 Å². The third-order valence-electron chi connectivity index (χ3n) is 3.31. The van der Waals surface area contributed by atoms with Crippen molar-refractivity contribution >= 4 is 5.91 Å². The molecule has 1 amide bonds. The number of rotatable bonds is 10. The topological polar surface area (TPSA) is 41.1 Å². The van der Waals surface area contributed by atoms with E-state index in [9.17, 15) is 4.79 Å². The van der Waals surface area contributed by atoms with Crippen LogP contribution in [0.5, 0.6) is 0 Å². The third-order valence-corrected chi connectivity index (χ3v) is 3.31. The van der Waals surface area contributed by atoms with E-state index in [1.54, 1.807) is 0 Å². The minimum atomic E-state index is 0.237. The van der Waals surface area contributed by atoms with Crippen LogP contribution >= 0.6 is 0 Å². The quantitative estimate of drug-likeness (QED) is 0.576. The van der Waals surface area contributed by atoms with Gasteiger partial charge in [0.25, 0.3) is 0 Å². The Kier molecular flexibility index (Phi) is 7.25. The van der Waals surface area contributed by atoms with Gasteiger partial charge in [-0.1, -0.05) is 26.7 Å². The summed E-state index contributed by atoms with van der Waals surface area (Å²) in [6.07, 6.45) is 7.97. The first-order valence-electron chi connectivity index (χ1n) is 7.29. The summed E-state index contributed by atoms with van der Waals surface area (Å²) in [6, 6.07) is 0.777. The summed E-state index contributed by atoms with van der Waals surface area (Å²) >= 11 is 0. The van der Waals surface area contributed by atoms with E-state index in [4.69, 9.17) is 0 Å². The molecular weight excluding hydrogens is 212 g/mol. The van der Waals surface area contributed by atoms with Crippen LogP contribution in [0.3, 0.4) is 0 Å². The van der Waals surface area contributed by atoms with Crippen LogP contribution in [0, 0.1) is 5.92 Å². The van der Waals surface area contributed by atoms with Gasteiger partial charge in [0.15, 0.2) is 0 Å². The molecule has 0 aliphatic heterocycles.